The van der Waals surface area contributed by atoms with Gasteiger partial charge in [0, 0.05) is 24.0 Å². The summed E-state index contributed by atoms with van der Waals surface area (Å²) in [5.74, 6) is -0.119. The molecule has 4 rings (SSSR count). The number of rotatable bonds is 15. The number of hydrogen-bond acceptors (Lipinski definition) is 6. The third kappa shape index (κ3) is 8.67. The Morgan fingerprint density at radius 2 is 1.48 bits per heavy atom. The van der Waals surface area contributed by atoms with Crippen molar-refractivity contribution in [2.45, 2.75) is 37.2 Å². The molecular weight excluding hydrogens is 670 g/mol. The molecular formula is C35H38BrN3O6S. The van der Waals surface area contributed by atoms with E-state index in [1.54, 1.807) is 36.4 Å². The zero-order valence-electron chi connectivity index (χ0n) is 26.1. The lowest BCUT2D eigenvalue weighted by atomic mass is 10.0. The van der Waals surface area contributed by atoms with E-state index >= 15 is 0 Å². The minimum atomic E-state index is -4.29. The van der Waals surface area contributed by atoms with Crippen molar-refractivity contribution >= 4 is 43.5 Å². The van der Waals surface area contributed by atoms with Crippen LogP contribution in [0.1, 0.15) is 24.5 Å². The molecule has 4 aromatic rings. The fraction of sp³-hybridized carbons (Fsp3) is 0.257. The molecule has 2 amide bonds. The Bertz CT molecular complexity index is 1700. The lowest BCUT2D eigenvalue weighted by Gasteiger charge is -2.34. The summed E-state index contributed by atoms with van der Waals surface area (Å²) >= 11 is 3.45. The molecule has 0 saturated heterocycles. The van der Waals surface area contributed by atoms with Gasteiger partial charge in [-0.15, -0.1) is 0 Å². The van der Waals surface area contributed by atoms with Crippen LogP contribution in [0.4, 0.5) is 5.69 Å². The molecule has 11 heteroatoms. The van der Waals surface area contributed by atoms with Crippen molar-refractivity contribution < 1.29 is 27.5 Å². The van der Waals surface area contributed by atoms with Gasteiger partial charge in [-0.3, -0.25) is 13.9 Å². The monoisotopic (exact) mass is 707 g/mol. The van der Waals surface area contributed by atoms with Crippen LogP contribution in [0, 0.1) is 0 Å². The van der Waals surface area contributed by atoms with E-state index in [9.17, 15) is 18.0 Å². The van der Waals surface area contributed by atoms with E-state index < -0.39 is 28.5 Å². The molecule has 242 valence electrons. The summed E-state index contributed by atoms with van der Waals surface area (Å²) in [7, 11) is -1.37. The first kappa shape index (κ1) is 34.5. The van der Waals surface area contributed by atoms with Crippen LogP contribution in [-0.4, -0.2) is 58.5 Å². The molecule has 0 aliphatic carbocycles. The predicted octanol–water partition coefficient (Wildman–Crippen LogP) is 5.83. The number of amides is 2. The van der Waals surface area contributed by atoms with Crippen LogP contribution in [0.3, 0.4) is 0 Å². The summed E-state index contributed by atoms with van der Waals surface area (Å²) in [5, 5.41) is 2.95. The number of sulfonamides is 1. The number of carbonyl (C=O) groups excluding carboxylic acids is 2. The minimum absolute atomic E-state index is 0.0343. The number of ether oxygens (including phenoxy) is 2. The largest absolute Gasteiger partial charge is 0.497 e. The van der Waals surface area contributed by atoms with Crippen molar-refractivity contribution in [2.24, 2.45) is 0 Å². The Balaban J connectivity index is 1.82. The molecule has 9 nitrogen and oxygen atoms in total. The van der Waals surface area contributed by atoms with Gasteiger partial charge in [0.2, 0.25) is 11.8 Å². The number of methoxy groups -OCH3 is 2. The van der Waals surface area contributed by atoms with Crippen LogP contribution >= 0.6 is 15.9 Å². The van der Waals surface area contributed by atoms with Gasteiger partial charge in [0.05, 0.1) is 24.8 Å². The molecule has 46 heavy (non-hydrogen) atoms. The highest BCUT2D eigenvalue weighted by Gasteiger charge is 2.35. The van der Waals surface area contributed by atoms with E-state index in [1.807, 2.05) is 61.5 Å². The molecule has 0 saturated carbocycles. The summed E-state index contributed by atoms with van der Waals surface area (Å²) in [6.45, 7) is 1.87. The van der Waals surface area contributed by atoms with Crippen molar-refractivity contribution in [3.63, 3.8) is 0 Å². The van der Waals surface area contributed by atoms with Crippen molar-refractivity contribution in [1.29, 1.82) is 0 Å². The van der Waals surface area contributed by atoms with Crippen LogP contribution in [0.15, 0.2) is 112 Å². The Labute approximate surface area is 279 Å². The van der Waals surface area contributed by atoms with Gasteiger partial charge < -0.3 is 19.7 Å². The second-order valence-corrected chi connectivity index (χ2v) is 13.3. The highest BCUT2D eigenvalue weighted by atomic mass is 79.9. The number of carbonyl (C=O) groups is 2. The van der Waals surface area contributed by atoms with Crippen LogP contribution in [0.25, 0.3) is 0 Å². The maximum absolute atomic E-state index is 14.6. The number of hydrogen-bond donors (Lipinski definition) is 1. The lowest BCUT2D eigenvalue weighted by molar-refractivity contribution is -0.140. The first-order valence-electron chi connectivity index (χ1n) is 14.8. The summed E-state index contributed by atoms with van der Waals surface area (Å²) in [4.78, 5) is 29.7. The normalized spacial score (nSPS) is 11.7. The SMILES string of the molecule is CCCNC(=O)[C@@H](Cc1ccccc1)N(Cc1ccc(Br)cc1)C(=O)CN(c1ccccc1OC)S(=O)(=O)c1ccc(OC)cc1. The van der Waals surface area contributed by atoms with Crippen molar-refractivity contribution in [1.82, 2.24) is 10.2 Å². The molecule has 0 unspecified atom stereocenters. The minimum Gasteiger partial charge on any atom is -0.497 e. The fourth-order valence-corrected chi connectivity index (χ4v) is 6.62. The van der Waals surface area contributed by atoms with E-state index in [0.29, 0.717) is 18.7 Å². The van der Waals surface area contributed by atoms with Crippen molar-refractivity contribution in [3.05, 3.63) is 119 Å². The van der Waals surface area contributed by atoms with Gasteiger partial charge in [-0.25, -0.2) is 8.42 Å². The molecule has 0 aliphatic heterocycles. The van der Waals surface area contributed by atoms with Crippen LogP contribution in [-0.2, 0) is 32.6 Å². The first-order chi connectivity index (χ1) is 22.2. The van der Waals surface area contributed by atoms with Gasteiger partial charge >= 0.3 is 0 Å². The fourth-order valence-electron chi connectivity index (χ4n) is 4.93. The van der Waals surface area contributed by atoms with Crippen LogP contribution < -0.4 is 19.1 Å². The van der Waals surface area contributed by atoms with Gasteiger partial charge in [0.15, 0.2) is 0 Å². The third-order valence-corrected chi connectivity index (χ3v) is 9.67. The number of halogens is 1. The molecule has 1 N–H and O–H groups in total. The number of nitrogens with one attached hydrogen (secondary N) is 1. The highest BCUT2D eigenvalue weighted by molar-refractivity contribution is 9.10. The Morgan fingerprint density at radius 1 is 0.826 bits per heavy atom. The molecule has 1 atom stereocenters. The topological polar surface area (TPSA) is 105 Å². The Morgan fingerprint density at radius 3 is 2.11 bits per heavy atom. The zero-order valence-corrected chi connectivity index (χ0v) is 28.5. The first-order valence-corrected chi connectivity index (χ1v) is 17.1. The van der Waals surface area contributed by atoms with Crippen molar-refractivity contribution in [3.8, 4) is 11.5 Å². The second kappa shape index (κ2) is 16.3. The molecule has 4 aromatic carbocycles. The van der Waals surface area contributed by atoms with Gasteiger partial charge in [0.1, 0.15) is 24.1 Å². The van der Waals surface area contributed by atoms with E-state index in [1.165, 1.54) is 31.3 Å². The molecule has 0 radical (unpaired) electrons. The number of anilines is 1. The maximum atomic E-state index is 14.6. The summed E-state index contributed by atoms with van der Waals surface area (Å²) in [5.41, 5.74) is 1.83. The van der Waals surface area contributed by atoms with Crippen molar-refractivity contribution in [2.75, 3.05) is 31.6 Å². The lowest BCUT2D eigenvalue weighted by Crippen LogP contribution is -2.53. The maximum Gasteiger partial charge on any atom is 0.264 e. The average Bonchev–Trinajstić information content (AvgIpc) is 3.08. The molecule has 0 fully saturated rings. The van der Waals surface area contributed by atoms with Crippen LogP contribution in [0.5, 0.6) is 11.5 Å². The molecule has 0 heterocycles. The Kier molecular flexibility index (Phi) is 12.2. The standard InChI is InChI=1S/C35H38BrN3O6S/c1-4-22-37-35(41)32(23-26-10-6-5-7-11-26)38(24-27-14-16-28(36)17-15-27)34(40)25-39(31-12-8-9-13-33(31)45-3)46(42,43)30-20-18-29(44-2)19-21-30/h5-21,32H,4,22-25H2,1-3H3,(H,37,41)/t32-/m1/s1. The molecule has 0 spiro atoms. The third-order valence-electron chi connectivity index (χ3n) is 7.37. The smallest absolute Gasteiger partial charge is 0.264 e. The van der Waals surface area contributed by atoms with E-state index in [4.69, 9.17) is 9.47 Å². The van der Waals surface area contributed by atoms with Crippen LogP contribution in [0.2, 0.25) is 0 Å². The number of benzene rings is 4. The molecule has 0 bridgehead atoms. The number of nitrogens with zero attached hydrogens (tertiary/aromatic N) is 2. The molecule has 0 aliphatic rings. The van der Waals surface area contributed by atoms with Gasteiger partial charge in [-0.05, 0) is 66.1 Å². The van der Waals surface area contributed by atoms with E-state index in [2.05, 4.69) is 21.2 Å². The summed E-state index contributed by atoms with van der Waals surface area (Å²) < 4.78 is 41.2. The van der Waals surface area contributed by atoms with E-state index in [0.717, 1.165) is 19.9 Å². The number of para-hydroxylation sites is 2. The predicted molar refractivity (Wildman–Crippen MR) is 182 cm³/mol. The molecule has 0 aromatic heterocycles. The highest BCUT2D eigenvalue weighted by Crippen LogP contribution is 2.33. The van der Waals surface area contributed by atoms with E-state index in [-0.39, 0.29) is 35.2 Å². The van der Waals surface area contributed by atoms with Gasteiger partial charge in [-0.1, -0.05) is 77.5 Å². The quantitative estimate of drug-likeness (QED) is 0.167. The Hall–Kier alpha value is -4.35. The van der Waals surface area contributed by atoms with Gasteiger partial charge in [0.25, 0.3) is 10.0 Å². The average molecular weight is 709 g/mol. The zero-order chi connectivity index (χ0) is 33.1. The second-order valence-electron chi connectivity index (χ2n) is 10.5. The summed E-state index contributed by atoms with van der Waals surface area (Å²) in [6.07, 6.45) is 0.949. The summed E-state index contributed by atoms with van der Waals surface area (Å²) in [6, 6.07) is 28.5. The van der Waals surface area contributed by atoms with Gasteiger partial charge in [-0.2, -0.15) is 0 Å².